The maximum absolute atomic E-state index is 12.3. The number of anilines is 2. The van der Waals surface area contributed by atoms with E-state index in [9.17, 15) is 4.79 Å². The predicted molar refractivity (Wildman–Crippen MR) is 95.4 cm³/mol. The van der Waals surface area contributed by atoms with Gasteiger partial charge in [-0.15, -0.1) is 0 Å². The molecule has 0 fully saturated rings. The van der Waals surface area contributed by atoms with Crippen LogP contribution < -0.4 is 11.1 Å². The maximum Gasteiger partial charge on any atom is 0.291 e. The molecule has 0 saturated heterocycles. The summed E-state index contributed by atoms with van der Waals surface area (Å²) in [5, 5.41) is 2.83. The van der Waals surface area contributed by atoms with E-state index in [2.05, 4.69) is 21.2 Å². The number of benzene rings is 2. The first-order valence-electron chi connectivity index (χ1n) is 7.07. The Bertz CT molecular complexity index is 871. The molecule has 3 rings (SSSR count). The van der Waals surface area contributed by atoms with E-state index >= 15 is 0 Å². The van der Waals surface area contributed by atoms with Gasteiger partial charge < -0.3 is 15.5 Å². The minimum Gasteiger partial charge on any atom is -0.451 e. The molecular weight excluding hydrogens is 356 g/mol. The van der Waals surface area contributed by atoms with E-state index in [-0.39, 0.29) is 11.7 Å². The molecule has 1 amide bonds. The predicted octanol–water partition coefficient (Wildman–Crippen LogP) is 4.85. The maximum atomic E-state index is 12.3. The fourth-order valence-electron chi connectivity index (χ4n) is 2.28. The minimum atomic E-state index is -0.295. The SMILES string of the molecule is Cc1cc(N)ccc1NC(=O)c1ccc(-c2ccccc2Br)o1. The summed E-state index contributed by atoms with van der Waals surface area (Å²) in [4.78, 5) is 12.3. The summed E-state index contributed by atoms with van der Waals surface area (Å²) in [5.74, 6) is 0.597. The first-order valence-corrected chi connectivity index (χ1v) is 7.86. The van der Waals surface area contributed by atoms with Crippen LogP contribution in [0.5, 0.6) is 0 Å². The Balaban J connectivity index is 1.83. The summed E-state index contributed by atoms with van der Waals surface area (Å²) in [5.41, 5.74) is 8.89. The number of amides is 1. The summed E-state index contributed by atoms with van der Waals surface area (Å²) < 4.78 is 6.59. The van der Waals surface area contributed by atoms with Crippen molar-refractivity contribution in [3.8, 4) is 11.3 Å². The second-order valence-electron chi connectivity index (χ2n) is 5.17. The first-order chi connectivity index (χ1) is 11.0. The van der Waals surface area contributed by atoms with Gasteiger partial charge in [0.25, 0.3) is 5.91 Å². The molecule has 3 aromatic rings. The van der Waals surface area contributed by atoms with Gasteiger partial charge in [-0.1, -0.05) is 34.1 Å². The van der Waals surface area contributed by atoms with Crippen LogP contribution in [-0.4, -0.2) is 5.91 Å². The molecule has 0 unspecified atom stereocenters. The highest BCUT2D eigenvalue weighted by Gasteiger charge is 2.14. The van der Waals surface area contributed by atoms with Gasteiger partial charge in [-0.05, 0) is 48.9 Å². The average Bonchev–Trinajstić information content (AvgIpc) is 3.00. The Hall–Kier alpha value is -2.53. The highest BCUT2D eigenvalue weighted by Crippen LogP contribution is 2.29. The summed E-state index contributed by atoms with van der Waals surface area (Å²) in [6.07, 6.45) is 0. The zero-order valence-electron chi connectivity index (χ0n) is 12.5. The van der Waals surface area contributed by atoms with Crippen molar-refractivity contribution in [1.82, 2.24) is 0 Å². The summed E-state index contributed by atoms with van der Waals surface area (Å²) in [7, 11) is 0. The smallest absolute Gasteiger partial charge is 0.291 e. The van der Waals surface area contributed by atoms with Crippen molar-refractivity contribution in [1.29, 1.82) is 0 Å². The van der Waals surface area contributed by atoms with E-state index in [1.54, 1.807) is 24.3 Å². The molecule has 0 aliphatic carbocycles. The molecule has 116 valence electrons. The Kier molecular flexibility index (Phi) is 4.21. The summed E-state index contributed by atoms with van der Waals surface area (Å²) in [6, 6.07) is 16.5. The van der Waals surface area contributed by atoms with Crippen LogP contribution in [0.2, 0.25) is 0 Å². The van der Waals surface area contributed by atoms with E-state index in [1.165, 1.54) is 0 Å². The van der Waals surface area contributed by atoms with E-state index in [0.29, 0.717) is 17.1 Å². The van der Waals surface area contributed by atoms with Crippen LogP contribution >= 0.6 is 15.9 Å². The van der Waals surface area contributed by atoms with Crippen LogP contribution in [0.3, 0.4) is 0 Å². The fraction of sp³-hybridized carbons (Fsp3) is 0.0556. The van der Waals surface area contributed by atoms with Crippen LogP contribution in [0.25, 0.3) is 11.3 Å². The number of carbonyl (C=O) groups is 1. The number of nitrogens with one attached hydrogen (secondary N) is 1. The van der Waals surface area contributed by atoms with Gasteiger partial charge in [0.05, 0.1) is 0 Å². The van der Waals surface area contributed by atoms with Crippen molar-refractivity contribution in [2.75, 3.05) is 11.1 Å². The largest absolute Gasteiger partial charge is 0.451 e. The molecule has 0 saturated carbocycles. The monoisotopic (exact) mass is 370 g/mol. The van der Waals surface area contributed by atoms with Crippen LogP contribution in [0.1, 0.15) is 16.1 Å². The molecule has 1 aromatic heterocycles. The molecule has 23 heavy (non-hydrogen) atoms. The zero-order valence-corrected chi connectivity index (χ0v) is 14.1. The molecule has 5 heteroatoms. The number of hydrogen-bond donors (Lipinski definition) is 2. The van der Waals surface area contributed by atoms with Gasteiger partial charge in [-0.3, -0.25) is 4.79 Å². The number of hydrogen-bond acceptors (Lipinski definition) is 3. The van der Waals surface area contributed by atoms with Crippen LogP contribution in [0.4, 0.5) is 11.4 Å². The van der Waals surface area contributed by atoms with Gasteiger partial charge in [-0.2, -0.15) is 0 Å². The number of halogens is 1. The van der Waals surface area contributed by atoms with Crippen molar-refractivity contribution < 1.29 is 9.21 Å². The third-order valence-electron chi connectivity index (χ3n) is 3.47. The molecule has 0 spiro atoms. The zero-order chi connectivity index (χ0) is 16.4. The lowest BCUT2D eigenvalue weighted by Crippen LogP contribution is -2.11. The van der Waals surface area contributed by atoms with Crippen molar-refractivity contribution in [2.45, 2.75) is 6.92 Å². The Morgan fingerprint density at radius 3 is 2.65 bits per heavy atom. The van der Waals surface area contributed by atoms with Gasteiger partial charge >= 0.3 is 0 Å². The third-order valence-corrected chi connectivity index (χ3v) is 4.16. The molecule has 0 aliphatic heterocycles. The van der Waals surface area contributed by atoms with E-state index in [4.69, 9.17) is 10.2 Å². The topological polar surface area (TPSA) is 68.3 Å². The Labute approximate surface area is 142 Å². The lowest BCUT2D eigenvalue weighted by atomic mass is 10.2. The highest BCUT2D eigenvalue weighted by molar-refractivity contribution is 9.10. The second-order valence-corrected chi connectivity index (χ2v) is 6.03. The standard InChI is InChI=1S/C18H15BrN2O2/c1-11-10-12(20)6-7-15(11)21-18(22)17-9-8-16(23-17)13-4-2-3-5-14(13)19/h2-10H,20H2,1H3,(H,21,22). The molecule has 2 aromatic carbocycles. The average molecular weight is 371 g/mol. The highest BCUT2D eigenvalue weighted by atomic mass is 79.9. The summed E-state index contributed by atoms with van der Waals surface area (Å²) >= 11 is 3.48. The molecule has 0 radical (unpaired) electrons. The summed E-state index contributed by atoms with van der Waals surface area (Å²) in [6.45, 7) is 1.89. The van der Waals surface area contributed by atoms with Gasteiger partial charge in [-0.25, -0.2) is 0 Å². The molecule has 1 heterocycles. The molecule has 0 bridgehead atoms. The molecule has 3 N–H and O–H groups in total. The second kappa shape index (κ2) is 6.30. The first kappa shape index (κ1) is 15.4. The van der Waals surface area contributed by atoms with E-state index in [1.807, 2.05) is 37.3 Å². The number of nitrogen functional groups attached to an aromatic ring is 1. The van der Waals surface area contributed by atoms with Crippen LogP contribution in [0, 0.1) is 6.92 Å². The Morgan fingerprint density at radius 2 is 1.91 bits per heavy atom. The van der Waals surface area contributed by atoms with Crippen LogP contribution in [-0.2, 0) is 0 Å². The van der Waals surface area contributed by atoms with Gasteiger partial charge in [0.1, 0.15) is 5.76 Å². The van der Waals surface area contributed by atoms with Crippen molar-refractivity contribution >= 4 is 33.2 Å². The number of carbonyl (C=O) groups excluding carboxylic acids is 1. The minimum absolute atomic E-state index is 0.256. The fourth-order valence-corrected chi connectivity index (χ4v) is 2.76. The van der Waals surface area contributed by atoms with Gasteiger partial charge in [0, 0.05) is 21.4 Å². The van der Waals surface area contributed by atoms with Crippen molar-refractivity contribution in [3.05, 3.63) is 70.4 Å². The third kappa shape index (κ3) is 3.29. The van der Waals surface area contributed by atoms with E-state index in [0.717, 1.165) is 15.6 Å². The van der Waals surface area contributed by atoms with Crippen molar-refractivity contribution in [3.63, 3.8) is 0 Å². The van der Waals surface area contributed by atoms with Crippen molar-refractivity contribution in [2.24, 2.45) is 0 Å². The Morgan fingerprint density at radius 1 is 1.13 bits per heavy atom. The lowest BCUT2D eigenvalue weighted by Gasteiger charge is -2.07. The number of furan rings is 1. The molecule has 0 aliphatic rings. The molecule has 4 nitrogen and oxygen atoms in total. The number of nitrogens with two attached hydrogens (primary N) is 1. The normalized spacial score (nSPS) is 10.5. The molecular formula is C18H15BrN2O2. The van der Waals surface area contributed by atoms with Gasteiger partial charge in [0.2, 0.25) is 0 Å². The lowest BCUT2D eigenvalue weighted by molar-refractivity contribution is 0.0997. The molecule has 0 atom stereocenters. The van der Waals surface area contributed by atoms with Gasteiger partial charge in [0.15, 0.2) is 5.76 Å². The van der Waals surface area contributed by atoms with E-state index < -0.39 is 0 Å². The number of aryl methyl sites for hydroxylation is 1. The quantitative estimate of drug-likeness (QED) is 0.647. The van der Waals surface area contributed by atoms with Crippen LogP contribution in [0.15, 0.2) is 63.5 Å². The number of rotatable bonds is 3.